The van der Waals surface area contributed by atoms with Crippen molar-refractivity contribution in [2.75, 3.05) is 11.1 Å². The molecule has 2 aromatic rings. The van der Waals surface area contributed by atoms with Crippen LogP contribution in [-0.2, 0) is 11.3 Å². The number of nitrogens with one attached hydrogen (secondary N) is 1. The maximum atomic E-state index is 13.6. The molecule has 0 bridgehead atoms. The number of rotatable bonds is 3. The molecular formula is C13H13BrF2N4O. The molecule has 5 nitrogen and oxygen atoms in total. The molecule has 0 saturated heterocycles. The van der Waals surface area contributed by atoms with Crippen molar-refractivity contribution < 1.29 is 13.6 Å². The van der Waals surface area contributed by atoms with Gasteiger partial charge in [-0.15, -0.1) is 0 Å². The first-order valence-electron chi connectivity index (χ1n) is 6.03. The molecular weight excluding hydrogens is 346 g/mol. The third kappa shape index (κ3) is 3.21. The number of nitrogens with zero attached hydrogens (tertiary/aromatic N) is 2. The number of nitrogens with two attached hydrogens (primary N) is 1. The summed E-state index contributed by atoms with van der Waals surface area (Å²) >= 11 is 2.86. The molecule has 0 saturated carbocycles. The lowest BCUT2D eigenvalue weighted by molar-refractivity contribution is -0.117. The van der Waals surface area contributed by atoms with E-state index in [1.54, 1.807) is 13.8 Å². The van der Waals surface area contributed by atoms with Crippen molar-refractivity contribution in [3.63, 3.8) is 0 Å². The molecule has 0 atom stereocenters. The molecule has 1 heterocycles. The predicted molar refractivity (Wildman–Crippen MR) is 78.8 cm³/mol. The van der Waals surface area contributed by atoms with E-state index in [4.69, 9.17) is 5.73 Å². The zero-order chi connectivity index (χ0) is 15.7. The fraction of sp³-hybridized carbons (Fsp3) is 0.231. The fourth-order valence-electron chi connectivity index (χ4n) is 1.81. The van der Waals surface area contributed by atoms with Crippen molar-refractivity contribution in [3.05, 3.63) is 39.6 Å². The smallest absolute Gasteiger partial charge is 0.246 e. The summed E-state index contributed by atoms with van der Waals surface area (Å²) in [6.45, 7) is 3.31. The lowest BCUT2D eigenvalue weighted by Crippen LogP contribution is -2.21. The monoisotopic (exact) mass is 358 g/mol. The number of hydrogen-bond donors (Lipinski definition) is 2. The number of carbonyl (C=O) groups excluding carboxylic acids is 1. The molecule has 1 aromatic carbocycles. The summed E-state index contributed by atoms with van der Waals surface area (Å²) in [5.74, 6) is -1.92. The average Bonchev–Trinajstić information content (AvgIpc) is 2.63. The molecule has 0 aliphatic heterocycles. The summed E-state index contributed by atoms with van der Waals surface area (Å²) in [6, 6.07) is 1.86. The molecule has 21 heavy (non-hydrogen) atoms. The molecule has 3 N–H and O–H groups in total. The van der Waals surface area contributed by atoms with E-state index >= 15 is 0 Å². The largest absolute Gasteiger partial charge is 0.396 e. The number of hydrogen-bond acceptors (Lipinski definition) is 3. The van der Waals surface area contributed by atoms with Gasteiger partial charge in [0.1, 0.15) is 18.2 Å². The Hall–Kier alpha value is -1.96. The van der Waals surface area contributed by atoms with Crippen molar-refractivity contribution in [2.45, 2.75) is 20.4 Å². The first kappa shape index (κ1) is 15.4. The van der Waals surface area contributed by atoms with Gasteiger partial charge in [-0.1, -0.05) is 0 Å². The highest BCUT2D eigenvalue weighted by atomic mass is 79.9. The van der Waals surface area contributed by atoms with Gasteiger partial charge in [-0.3, -0.25) is 9.48 Å². The average molecular weight is 359 g/mol. The van der Waals surface area contributed by atoms with E-state index < -0.39 is 17.5 Å². The number of aromatic nitrogens is 2. The van der Waals surface area contributed by atoms with Gasteiger partial charge in [0.25, 0.3) is 0 Å². The number of benzene rings is 1. The maximum Gasteiger partial charge on any atom is 0.246 e. The van der Waals surface area contributed by atoms with Crippen LogP contribution in [-0.4, -0.2) is 15.7 Å². The lowest BCUT2D eigenvalue weighted by atomic mass is 10.3. The van der Waals surface area contributed by atoms with Crippen LogP contribution >= 0.6 is 15.9 Å². The van der Waals surface area contributed by atoms with Crippen molar-refractivity contribution in [3.8, 4) is 0 Å². The van der Waals surface area contributed by atoms with Gasteiger partial charge in [-0.2, -0.15) is 5.10 Å². The summed E-state index contributed by atoms with van der Waals surface area (Å²) in [7, 11) is 0. The Morgan fingerprint density at radius 2 is 2.05 bits per heavy atom. The minimum atomic E-state index is -0.732. The highest BCUT2D eigenvalue weighted by Gasteiger charge is 2.14. The van der Waals surface area contributed by atoms with Gasteiger partial charge < -0.3 is 11.1 Å². The Morgan fingerprint density at radius 3 is 2.62 bits per heavy atom. The number of nitrogen functional groups attached to an aromatic ring is 1. The Bertz CT molecular complexity index is 715. The molecule has 2 rings (SSSR count). The van der Waals surface area contributed by atoms with E-state index in [0.717, 1.165) is 12.1 Å². The van der Waals surface area contributed by atoms with Crippen LogP contribution in [0.1, 0.15) is 11.4 Å². The quantitative estimate of drug-likeness (QED) is 0.828. The third-order valence-corrected chi connectivity index (χ3v) is 3.62. The normalized spacial score (nSPS) is 10.7. The maximum absolute atomic E-state index is 13.6. The van der Waals surface area contributed by atoms with Crippen LogP contribution in [0.15, 0.2) is 16.6 Å². The van der Waals surface area contributed by atoms with Crippen LogP contribution < -0.4 is 11.1 Å². The molecule has 1 amide bonds. The Balaban J connectivity index is 2.15. The van der Waals surface area contributed by atoms with Crippen LogP contribution in [0.4, 0.5) is 20.2 Å². The standard InChI is InChI=1S/C13H13BrF2N4O/c1-6-13(17)7(2)20(19-6)5-12(21)18-11-4-9(15)8(14)3-10(11)16/h3-4H,5,17H2,1-2H3,(H,18,21). The van der Waals surface area contributed by atoms with Gasteiger partial charge in [-0.25, -0.2) is 8.78 Å². The highest BCUT2D eigenvalue weighted by Crippen LogP contribution is 2.23. The lowest BCUT2D eigenvalue weighted by Gasteiger charge is -2.08. The van der Waals surface area contributed by atoms with E-state index in [-0.39, 0.29) is 16.7 Å². The van der Waals surface area contributed by atoms with Gasteiger partial charge >= 0.3 is 0 Å². The molecule has 0 spiro atoms. The van der Waals surface area contributed by atoms with E-state index in [9.17, 15) is 13.6 Å². The molecule has 8 heteroatoms. The van der Waals surface area contributed by atoms with Crippen LogP contribution in [0.2, 0.25) is 0 Å². The van der Waals surface area contributed by atoms with Crippen molar-refractivity contribution >= 4 is 33.2 Å². The number of carbonyl (C=O) groups is 1. The van der Waals surface area contributed by atoms with E-state index in [2.05, 4.69) is 26.3 Å². The molecule has 0 radical (unpaired) electrons. The third-order valence-electron chi connectivity index (χ3n) is 3.01. The van der Waals surface area contributed by atoms with Gasteiger partial charge in [-0.05, 0) is 35.8 Å². The topological polar surface area (TPSA) is 72.9 Å². The number of anilines is 2. The summed E-state index contributed by atoms with van der Waals surface area (Å²) in [4.78, 5) is 11.9. The van der Waals surface area contributed by atoms with Gasteiger partial charge in [0.15, 0.2) is 0 Å². The molecule has 1 aromatic heterocycles. The Labute approximate surface area is 128 Å². The van der Waals surface area contributed by atoms with Crippen molar-refractivity contribution in [1.82, 2.24) is 9.78 Å². The van der Waals surface area contributed by atoms with Crippen LogP contribution in [0.3, 0.4) is 0 Å². The van der Waals surface area contributed by atoms with Crippen LogP contribution in [0, 0.1) is 25.5 Å². The Kier molecular flexibility index (Phi) is 4.26. The summed E-state index contributed by atoms with van der Waals surface area (Å²) in [6.07, 6.45) is 0. The molecule has 0 unspecified atom stereocenters. The summed E-state index contributed by atoms with van der Waals surface area (Å²) in [5, 5.41) is 6.41. The number of halogens is 3. The molecule has 112 valence electrons. The Morgan fingerprint density at radius 1 is 1.38 bits per heavy atom. The zero-order valence-corrected chi connectivity index (χ0v) is 13.0. The minimum absolute atomic E-state index is 0.00989. The fourth-order valence-corrected chi connectivity index (χ4v) is 2.12. The van der Waals surface area contributed by atoms with E-state index in [0.29, 0.717) is 17.1 Å². The SMILES string of the molecule is Cc1nn(CC(=O)Nc2cc(F)c(Br)cc2F)c(C)c1N. The van der Waals surface area contributed by atoms with Gasteiger partial charge in [0.2, 0.25) is 5.91 Å². The second kappa shape index (κ2) is 5.80. The van der Waals surface area contributed by atoms with Crippen molar-refractivity contribution in [2.24, 2.45) is 0 Å². The first-order chi connectivity index (χ1) is 9.79. The number of aryl methyl sites for hydroxylation is 1. The summed E-state index contributed by atoms with van der Waals surface area (Å²) < 4.78 is 28.4. The van der Waals surface area contributed by atoms with Gasteiger partial charge in [0, 0.05) is 6.07 Å². The molecule has 0 aliphatic rings. The zero-order valence-electron chi connectivity index (χ0n) is 11.4. The highest BCUT2D eigenvalue weighted by molar-refractivity contribution is 9.10. The second-order valence-corrected chi connectivity index (χ2v) is 5.39. The van der Waals surface area contributed by atoms with Crippen molar-refractivity contribution in [1.29, 1.82) is 0 Å². The van der Waals surface area contributed by atoms with Gasteiger partial charge in [0.05, 0.1) is 27.2 Å². The van der Waals surface area contributed by atoms with Crippen LogP contribution in [0.5, 0.6) is 0 Å². The number of amides is 1. The second-order valence-electron chi connectivity index (χ2n) is 4.54. The predicted octanol–water partition coefficient (Wildman–Crippen LogP) is 2.76. The van der Waals surface area contributed by atoms with Crippen LogP contribution in [0.25, 0.3) is 0 Å². The van der Waals surface area contributed by atoms with E-state index in [1.807, 2.05) is 0 Å². The molecule has 0 aliphatic carbocycles. The summed E-state index contributed by atoms with van der Waals surface area (Å²) in [5.41, 5.74) is 7.29. The minimum Gasteiger partial charge on any atom is -0.396 e. The first-order valence-corrected chi connectivity index (χ1v) is 6.82. The molecule has 0 fully saturated rings. The van der Waals surface area contributed by atoms with E-state index in [1.165, 1.54) is 4.68 Å².